The molecule has 0 heterocycles. The number of carbonyl (C=O) groups is 1. The van der Waals surface area contributed by atoms with Crippen LogP contribution in [0.2, 0.25) is 0 Å². The molecular weight excluding hydrogens is 308 g/mol. The van der Waals surface area contributed by atoms with Crippen LogP contribution < -0.4 is 0 Å². The maximum atomic E-state index is 11.3. The first kappa shape index (κ1) is 11.9. The van der Waals surface area contributed by atoms with Crippen molar-refractivity contribution in [1.29, 1.82) is 0 Å². The third-order valence-electron chi connectivity index (χ3n) is 2.08. The van der Waals surface area contributed by atoms with Crippen molar-refractivity contribution in [1.82, 2.24) is 0 Å². The third-order valence-corrected chi connectivity index (χ3v) is 3.82. The fraction of sp³-hybridized carbons (Fsp3) is 0.364. The van der Waals surface area contributed by atoms with Gasteiger partial charge in [0.1, 0.15) is 5.78 Å². The highest BCUT2D eigenvalue weighted by atomic mass is 79.9. The summed E-state index contributed by atoms with van der Waals surface area (Å²) in [4.78, 5) is 11.1. The third kappa shape index (κ3) is 2.67. The molecule has 0 aliphatic rings. The van der Waals surface area contributed by atoms with Crippen LogP contribution in [0.4, 0.5) is 0 Å². The van der Waals surface area contributed by atoms with Gasteiger partial charge in [-0.3, -0.25) is 4.79 Å². The van der Waals surface area contributed by atoms with Gasteiger partial charge < -0.3 is 0 Å². The van der Waals surface area contributed by atoms with Gasteiger partial charge in [-0.2, -0.15) is 0 Å². The molecule has 1 aromatic rings. The van der Waals surface area contributed by atoms with Crippen LogP contribution in [-0.2, 0) is 10.1 Å². The molecule has 3 heteroatoms. The van der Waals surface area contributed by atoms with E-state index in [0.29, 0.717) is 0 Å². The first-order valence-electron chi connectivity index (χ1n) is 4.36. The van der Waals surface area contributed by atoms with E-state index in [9.17, 15) is 4.79 Å². The molecule has 14 heavy (non-hydrogen) atoms. The number of Topliss-reactive ketones (excluding diaryl/α,β-unsaturated/α-hetero) is 1. The van der Waals surface area contributed by atoms with E-state index in [1.54, 1.807) is 6.92 Å². The monoisotopic (exact) mass is 318 g/mol. The van der Waals surface area contributed by atoms with Crippen LogP contribution in [-0.4, -0.2) is 5.78 Å². The van der Waals surface area contributed by atoms with Gasteiger partial charge in [-0.05, 0) is 25.0 Å². The number of hydrogen-bond acceptors (Lipinski definition) is 1. The molecule has 1 aromatic carbocycles. The van der Waals surface area contributed by atoms with E-state index >= 15 is 0 Å². The van der Waals surface area contributed by atoms with E-state index in [0.717, 1.165) is 16.5 Å². The van der Waals surface area contributed by atoms with E-state index in [1.165, 1.54) is 5.56 Å². The maximum Gasteiger partial charge on any atom is 0.147 e. The lowest BCUT2D eigenvalue weighted by atomic mass is 10.0. The second-order valence-electron chi connectivity index (χ2n) is 3.31. The Balaban J connectivity index is 3.16. The molecule has 0 saturated carbocycles. The SMILES string of the molecule is CC(=O)C(Br)c1cc(C)ccc1CBr. The second kappa shape index (κ2) is 5.08. The van der Waals surface area contributed by atoms with Crippen molar-refractivity contribution in [3.63, 3.8) is 0 Å². The number of rotatable bonds is 3. The number of benzene rings is 1. The Morgan fingerprint density at radius 3 is 2.64 bits per heavy atom. The molecule has 1 rings (SSSR count). The van der Waals surface area contributed by atoms with Crippen LogP contribution in [0.25, 0.3) is 0 Å². The minimum Gasteiger partial charge on any atom is -0.298 e. The van der Waals surface area contributed by atoms with E-state index in [2.05, 4.69) is 50.1 Å². The molecule has 0 amide bonds. The minimum absolute atomic E-state index is 0.137. The first-order chi connectivity index (χ1) is 6.56. The van der Waals surface area contributed by atoms with Crippen LogP contribution in [0.5, 0.6) is 0 Å². The Morgan fingerprint density at radius 1 is 1.50 bits per heavy atom. The van der Waals surface area contributed by atoms with Crippen molar-refractivity contribution in [2.75, 3.05) is 0 Å². The van der Waals surface area contributed by atoms with Crippen LogP contribution >= 0.6 is 31.9 Å². The number of ketones is 1. The highest BCUT2D eigenvalue weighted by Gasteiger charge is 2.15. The fourth-order valence-electron chi connectivity index (χ4n) is 1.29. The zero-order valence-electron chi connectivity index (χ0n) is 8.18. The Morgan fingerprint density at radius 2 is 2.14 bits per heavy atom. The predicted molar refractivity (Wildman–Crippen MR) is 66.2 cm³/mol. The average Bonchev–Trinajstić information content (AvgIpc) is 2.16. The van der Waals surface area contributed by atoms with Crippen molar-refractivity contribution < 1.29 is 4.79 Å². The molecule has 0 spiro atoms. The van der Waals surface area contributed by atoms with Crippen molar-refractivity contribution in [2.45, 2.75) is 24.0 Å². The summed E-state index contributed by atoms with van der Waals surface area (Å²) in [5.74, 6) is 0.137. The summed E-state index contributed by atoms with van der Waals surface area (Å²) >= 11 is 6.82. The van der Waals surface area contributed by atoms with Crippen molar-refractivity contribution in [3.8, 4) is 0 Å². The molecule has 0 saturated heterocycles. The van der Waals surface area contributed by atoms with Crippen LogP contribution in [0.3, 0.4) is 0 Å². The number of alkyl halides is 2. The lowest BCUT2D eigenvalue weighted by Crippen LogP contribution is -2.04. The molecule has 0 bridgehead atoms. The normalized spacial score (nSPS) is 12.6. The van der Waals surface area contributed by atoms with Gasteiger partial charge >= 0.3 is 0 Å². The molecule has 0 aliphatic carbocycles. The molecule has 1 nitrogen and oxygen atoms in total. The largest absolute Gasteiger partial charge is 0.298 e. The summed E-state index contributed by atoms with van der Waals surface area (Å²) in [5.41, 5.74) is 3.40. The zero-order chi connectivity index (χ0) is 10.7. The quantitative estimate of drug-likeness (QED) is 0.772. The van der Waals surface area contributed by atoms with Gasteiger partial charge in [-0.1, -0.05) is 55.6 Å². The molecule has 0 N–H and O–H groups in total. The van der Waals surface area contributed by atoms with Gasteiger partial charge in [0.05, 0.1) is 4.83 Å². The smallest absolute Gasteiger partial charge is 0.147 e. The van der Waals surface area contributed by atoms with Crippen molar-refractivity contribution in [2.24, 2.45) is 0 Å². The van der Waals surface area contributed by atoms with E-state index in [4.69, 9.17) is 0 Å². The van der Waals surface area contributed by atoms with Gasteiger partial charge in [-0.25, -0.2) is 0 Å². The molecule has 1 atom stereocenters. The summed E-state index contributed by atoms with van der Waals surface area (Å²) < 4.78 is 0. The molecule has 1 unspecified atom stereocenters. The lowest BCUT2D eigenvalue weighted by Gasteiger charge is -2.12. The maximum absolute atomic E-state index is 11.3. The van der Waals surface area contributed by atoms with Crippen molar-refractivity contribution in [3.05, 3.63) is 34.9 Å². The number of halogens is 2. The van der Waals surface area contributed by atoms with E-state index < -0.39 is 0 Å². The summed E-state index contributed by atoms with van der Waals surface area (Å²) in [5, 5.41) is 0.776. The topological polar surface area (TPSA) is 17.1 Å². The second-order valence-corrected chi connectivity index (χ2v) is 4.79. The Bertz CT molecular complexity index is 347. The molecule has 0 aromatic heterocycles. The highest BCUT2D eigenvalue weighted by molar-refractivity contribution is 9.09. The minimum atomic E-state index is -0.185. The lowest BCUT2D eigenvalue weighted by molar-refractivity contribution is -0.116. The molecule has 0 fully saturated rings. The number of hydrogen-bond donors (Lipinski definition) is 0. The molecule has 0 aliphatic heterocycles. The van der Waals surface area contributed by atoms with Crippen LogP contribution in [0.1, 0.15) is 28.4 Å². The molecule has 76 valence electrons. The van der Waals surface area contributed by atoms with Gasteiger partial charge in [-0.15, -0.1) is 0 Å². The fourth-order valence-corrected chi connectivity index (χ4v) is 2.23. The number of aryl methyl sites for hydroxylation is 1. The summed E-state index contributed by atoms with van der Waals surface area (Å²) in [6, 6.07) is 6.16. The summed E-state index contributed by atoms with van der Waals surface area (Å²) in [6.45, 7) is 3.63. The van der Waals surface area contributed by atoms with Crippen LogP contribution in [0, 0.1) is 6.92 Å². The van der Waals surface area contributed by atoms with Gasteiger partial charge in [0.15, 0.2) is 0 Å². The van der Waals surface area contributed by atoms with Gasteiger partial charge in [0.25, 0.3) is 0 Å². The van der Waals surface area contributed by atoms with Gasteiger partial charge in [0, 0.05) is 5.33 Å². The first-order valence-corrected chi connectivity index (χ1v) is 6.40. The average molecular weight is 320 g/mol. The number of carbonyl (C=O) groups excluding carboxylic acids is 1. The molecular formula is C11H12Br2O. The molecule has 0 radical (unpaired) electrons. The van der Waals surface area contributed by atoms with Gasteiger partial charge in [0.2, 0.25) is 0 Å². The summed E-state index contributed by atoms with van der Waals surface area (Å²) in [7, 11) is 0. The van der Waals surface area contributed by atoms with Crippen LogP contribution in [0.15, 0.2) is 18.2 Å². The summed E-state index contributed by atoms with van der Waals surface area (Å²) in [6.07, 6.45) is 0. The zero-order valence-corrected chi connectivity index (χ0v) is 11.4. The Kier molecular flexibility index (Phi) is 4.32. The highest BCUT2D eigenvalue weighted by Crippen LogP contribution is 2.29. The Labute approximate surface area is 101 Å². The predicted octanol–water partition coefficient (Wildman–Crippen LogP) is 3.91. The van der Waals surface area contributed by atoms with E-state index in [1.807, 2.05) is 6.92 Å². The van der Waals surface area contributed by atoms with E-state index in [-0.39, 0.29) is 10.6 Å². The van der Waals surface area contributed by atoms with Crippen molar-refractivity contribution >= 4 is 37.6 Å². The Hall–Kier alpha value is -0.150. The standard InChI is InChI=1S/C11H12Br2O/c1-7-3-4-9(6-12)10(5-7)11(13)8(2)14/h3-5,11H,6H2,1-2H3.